The normalized spacial score (nSPS) is 18.5. The molecule has 1 aliphatic rings. The van der Waals surface area contributed by atoms with Crippen LogP contribution in [0.15, 0.2) is 11.2 Å². The number of hydrogen-bond donors (Lipinski definition) is 2. The largest absolute Gasteiger partial charge is 0.370 e. The molecule has 1 saturated heterocycles. The van der Waals surface area contributed by atoms with Crippen LogP contribution in [0.1, 0.15) is 26.7 Å². The third kappa shape index (κ3) is 3.78. The van der Waals surface area contributed by atoms with Crippen LogP contribution < -0.4 is 15.5 Å². The van der Waals surface area contributed by atoms with Crippen molar-refractivity contribution in [3.8, 4) is 0 Å². The maximum absolute atomic E-state index is 12.0. The first-order valence-electron chi connectivity index (χ1n) is 7.40. The van der Waals surface area contributed by atoms with Crippen LogP contribution in [0, 0.1) is 0 Å². The zero-order valence-corrected chi connectivity index (χ0v) is 13.7. The van der Waals surface area contributed by atoms with Gasteiger partial charge in [0.15, 0.2) is 5.16 Å². The Morgan fingerprint density at radius 1 is 1.48 bits per heavy atom. The topological polar surface area (TPSA) is 70.2 Å². The van der Waals surface area contributed by atoms with Gasteiger partial charge in [0.05, 0.1) is 0 Å². The van der Waals surface area contributed by atoms with Crippen molar-refractivity contribution in [2.75, 3.05) is 36.1 Å². The number of rotatable bonds is 6. The molecule has 1 aliphatic heterocycles. The highest BCUT2D eigenvalue weighted by Gasteiger charge is 2.29. The summed E-state index contributed by atoms with van der Waals surface area (Å²) in [5.74, 6) is 1.73. The molecular formula is C14H23N5OS. The number of aromatic nitrogens is 2. The molecule has 1 aromatic heterocycles. The van der Waals surface area contributed by atoms with Gasteiger partial charge in [0.1, 0.15) is 17.7 Å². The molecule has 1 atom stereocenters. The summed E-state index contributed by atoms with van der Waals surface area (Å²) in [5, 5.41) is 6.94. The van der Waals surface area contributed by atoms with Crippen LogP contribution in [0.25, 0.3) is 0 Å². The molecule has 7 heteroatoms. The molecule has 2 N–H and O–H groups in total. The molecule has 2 heterocycles. The third-order valence-electron chi connectivity index (χ3n) is 3.44. The number of piperazine rings is 1. The highest BCUT2D eigenvalue weighted by atomic mass is 32.2. The molecule has 0 aliphatic carbocycles. The number of anilines is 2. The van der Waals surface area contributed by atoms with Crippen molar-refractivity contribution in [1.82, 2.24) is 15.3 Å². The lowest BCUT2D eigenvalue weighted by molar-refractivity contribution is -0.123. The second kappa shape index (κ2) is 7.49. The van der Waals surface area contributed by atoms with Gasteiger partial charge in [-0.2, -0.15) is 0 Å². The highest BCUT2D eigenvalue weighted by Crippen LogP contribution is 2.24. The van der Waals surface area contributed by atoms with Crippen LogP contribution >= 0.6 is 11.8 Å². The van der Waals surface area contributed by atoms with Crippen LogP contribution in [0.4, 0.5) is 11.6 Å². The lowest BCUT2D eigenvalue weighted by Gasteiger charge is -2.35. The molecule has 6 nitrogen and oxygen atoms in total. The number of thioether (sulfide) groups is 1. The Labute approximate surface area is 130 Å². The van der Waals surface area contributed by atoms with Crippen LogP contribution in [-0.4, -0.2) is 47.8 Å². The summed E-state index contributed by atoms with van der Waals surface area (Å²) < 4.78 is 0. The van der Waals surface area contributed by atoms with Gasteiger partial charge in [-0.3, -0.25) is 4.79 Å². The predicted octanol–water partition coefficient (Wildman–Crippen LogP) is 1.74. The highest BCUT2D eigenvalue weighted by molar-refractivity contribution is 7.98. The van der Waals surface area contributed by atoms with Crippen molar-refractivity contribution in [3.63, 3.8) is 0 Å². The monoisotopic (exact) mass is 309 g/mol. The molecule has 0 saturated carbocycles. The molecule has 116 valence electrons. The van der Waals surface area contributed by atoms with E-state index in [0.717, 1.165) is 42.7 Å². The molecule has 1 unspecified atom stereocenters. The summed E-state index contributed by atoms with van der Waals surface area (Å²) in [4.78, 5) is 23.1. The summed E-state index contributed by atoms with van der Waals surface area (Å²) in [6.07, 6.45) is 3.77. The third-order valence-corrected chi connectivity index (χ3v) is 3.99. The number of amides is 1. The van der Waals surface area contributed by atoms with Crippen molar-refractivity contribution in [2.45, 2.75) is 37.9 Å². The van der Waals surface area contributed by atoms with Crippen molar-refractivity contribution in [3.05, 3.63) is 6.07 Å². The maximum atomic E-state index is 12.0. The van der Waals surface area contributed by atoms with E-state index in [-0.39, 0.29) is 11.9 Å². The first-order chi connectivity index (χ1) is 10.2. The molecule has 21 heavy (non-hydrogen) atoms. The molecule has 2 rings (SSSR count). The van der Waals surface area contributed by atoms with E-state index >= 15 is 0 Å². The Kier molecular flexibility index (Phi) is 5.67. The molecule has 0 radical (unpaired) electrons. The number of hydrogen-bond acceptors (Lipinski definition) is 6. The molecule has 1 fully saturated rings. The van der Waals surface area contributed by atoms with Crippen LogP contribution in [0.2, 0.25) is 0 Å². The van der Waals surface area contributed by atoms with Crippen molar-refractivity contribution in [2.24, 2.45) is 0 Å². The second-order valence-corrected chi connectivity index (χ2v) is 5.71. The fourth-order valence-corrected chi connectivity index (χ4v) is 2.76. The summed E-state index contributed by atoms with van der Waals surface area (Å²) >= 11 is 1.51. The maximum Gasteiger partial charge on any atom is 0.242 e. The quantitative estimate of drug-likeness (QED) is 0.616. The zero-order chi connectivity index (χ0) is 15.2. The van der Waals surface area contributed by atoms with Crippen LogP contribution in [0.5, 0.6) is 0 Å². The fraction of sp³-hybridized carbons (Fsp3) is 0.643. The molecular weight excluding hydrogens is 286 g/mol. The average molecular weight is 309 g/mol. The van der Waals surface area contributed by atoms with Crippen molar-refractivity contribution in [1.29, 1.82) is 0 Å². The first kappa shape index (κ1) is 15.9. The van der Waals surface area contributed by atoms with Gasteiger partial charge >= 0.3 is 0 Å². The lowest BCUT2D eigenvalue weighted by atomic mass is 10.1. The Morgan fingerprint density at radius 2 is 2.29 bits per heavy atom. The van der Waals surface area contributed by atoms with E-state index in [2.05, 4.69) is 32.4 Å². The van der Waals surface area contributed by atoms with Crippen molar-refractivity contribution >= 4 is 29.3 Å². The van der Waals surface area contributed by atoms with E-state index in [0.29, 0.717) is 6.54 Å². The molecule has 1 amide bonds. The summed E-state index contributed by atoms with van der Waals surface area (Å²) in [6, 6.07) is 1.79. The van der Waals surface area contributed by atoms with Gasteiger partial charge in [-0.05, 0) is 19.1 Å². The number of carbonyl (C=O) groups is 1. The fourth-order valence-electron chi connectivity index (χ4n) is 2.39. The van der Waals surface area contributed by atoms with E-state index in [1.54, 1.807) is 0 Å². The SMILES string of the molecule is CCCNc1cc(N2CCNC(=O)C2CC)nc(SC)n1. The Balaban J connectivity index is 2.29. The minimum atomic E-state index is -0.151. The second-order valence-electron chi connectivity index (χ2n) is 4.93. The van der Waals surface area contributed by atoms with Gasteiger partial charge in [-0.25, -0.2) is 9.97 Å². The molecule has 1 aromatic rings. The van der Waals surface area contributed by atoms with Crippen LogP contribution in [0.3, 0.4) is 0 Å². The minimum Gasteiger partial charge on any atom is -0.370 e. The number of carbonyl (C=O) groups excluding carboxylic acids is 1. The molecule has 0 spiro atoms. The Bertz CT molecular complexity index is 496. The average Bonchev–Trinajstić information content (AvgIpc) is 2.52. The summed E-state index contributed by atoms with van der Waals surface area (Å²) in [5.41, 5.74) is 0. The molecule has 0 aromatic carbocycles. The summed E-state index contributed by atoms with van der Waals surface area (Å²) in [7, 11) is 0. The van der Waals surface area contributed by atoms with Gasteiger partial charge in [0.25, 0.3) is 0 Å². The summed E-state index contributed by atoms with van der Waals surface area (Å²) in [6.45, 7) is 6.46. The van der Waals surface area contributed by atoms with Gasteiger partial charge in [-0.15, -0.1) is 0 Å². The minimum absolute atomic E-state index is 0.0798. The van der Waals surface area contributed by atoms with E-state index < -0.39 is 0 Å². The Hall–Kier alpha value is -1.50. The zero-order valence-electron chi connectivity index (χ0n) is 12.8. The van der Waals surface area contributed by atoms with Gasteiger partial charge in [0.2, 0.25) is 5.91 Å². The van der Waals surface area contributed by atoms with Crippen molar-refractivity contribution < 1.29 is 4.79 Å². The van der Waals surface area contributed by atoms with Gasteiger partial charge in [0, 0.05) is 25.7 Å². The lowest BCUT2D eigenvalue weighted by Crippen LogP contribution is -2.55. The molecule has 0 bridgehead atoms. The van der Waals surface area contributed by atoms with E-state index in [9.17, 15) is 4.79 Å². The van der Waals surface area contributed by atoms with Crippen LogP contribution in [-0.2, 0) is 4.79 Å². The standard InChI is InChI=1S/C14H23N5OS/c1-4-6-15-11-9-12(18-14(17-11)21-3)19-8-7-16-13(20)10(19)5-2/h9-10H,4-8H2,1-3H3,(H,16,20)(H,15,17,18). The Morgan fingerprint density at radius 3 is 2.95 bits per heavy atom. The van der Waals surface area contributed by atoms with Gasteiger partial charge in [-0.1, -0.05) is 25.6 Å². The number of nitrogens with zero attached hydrogens (tertiary/aromatic N) is 3. The van der Waals surface area contributed by atoms with E-state index in [4.69, 9.17) is 0 Å². The smallest absolute Gasteiger partial charge is 0.242 e. The van der Waals surface area contributed by atoms with E-state index in [1.807, 2.05) is 19.2 Å². The van der Waals surface area contributed by atoms with Gasteiger partial charge < -0.3 is 15.5 Å². The predicted molar refractivity (Wildman–Crippen MR) is 87.0 cm³/mol. The number of nitrogens with one attached hydrogen (secondary N) is 2. The van der Waals surface area contributed by atoms with E-state index in [1.165, 1.54) is 11.8 Å². The first-order valence-corrected chi connectivity index (χ1v) is 8.63.